The number of aliphatic hydroxyl groups is 3. The third-order valence-corrected chi connectivity index (χ3v) is 5.12. The number of hydrazine groups is 2. The van der Waals surface area contributed by atoms with Gasteiger partial charge in [-0.05, 0) is 24.3 Å². The number of anilines is 4. The quantitative estimate of drug-likeness (QED) is 0.216. The van der Waals surface area contributed by atoms with Gasteiger partial charge in [-0.15, -0.1) is 0 Å². The maximum atomic E-state index is 12.8. The van der Waals surface area contributed by atoms with Crippen LogP contribution in [-0.2, 0) is 4.74 Å². The van der Waals surface area contributed by atoms with Gasteiger partial charge in [-0.3, -0.25) is 26.1 Å². The minimum Gasteiger partial charge on any atom is -0.394 e. The van der Waals surface area contributed by atoms with Gasteiger partial charge in [0, 0.05) is 0 Å². The van der Waals surface area contributed by atoms with Gasteiger partial charge in [-0.2, -0.15) is 0 Å². The van der Waals surface area contributed by atoms with Crippen molar-refractivity contribution >= 4 is 22.9 Å². The Labute approximate surface area is 187 Å². The van der Waals surface area contributed by atoms with Crippen molar-refractivity contribution in [1.82, 2.24) is 9.55 Å². The van der Waals surface area contributed by atoms with E-state index in [2.05, 4.69) is 26.7 Å². The standard InChI is InChI=1S/C21H24N6O6/c28-11-14-16(29)17(30)20(33-14)27-18(26-24-13-9-5-2-6-10-13)15(19(31)22-21(27)32)25-23-12-7-3-1-4-8-12/h1-10,14,16-17,20,23-26,28-30H,11H2,(H,22,31,32)/t14-,16+,17-,20-/m0/s1. The van der Waals surface area contributed by atoms with Crippen molar-refractivity contribution in [1.29, 1.82) is 0 Å². The highest BCUT2D eigenvalue weighted by Crippen LogP contribution is 2.32. The molecule has 1 aliphatic rings. The number of rotatable bonds is 8. The number of benzene rings is 2. The molecule has 0 bridgehead atoms. The molecule has 0 saturated carbocycles. The Hall–Kier alpha value is -3.84. The molecule has 8 N–H and O–H groups in total. The van der Waals surface area contributed by atoms with Gasteiger partial charge in [0.25, 0.3) is 5.56 Å². The average molecular weight is 456 g/mol. The predicted molar refractivity (Wildman–Crippen MR) is 122 cm³/mol. The lowest BCUT2D eigenvalue weighted by Crippen LogP contribution is -2.41. The first-order chi connectivity index (χ1) is 16.0. The molecule has 0 aliphatic carbocycles. The van der Waals surface area contributed by atoms with E-state index in [4.69, 9.17) is 4.74 Å². The molecule has 4 atom stereocenters. The number of nitrogens with zero attached hydrogens (tertiary/aromatic N) is 1. The molecule has 0 amide bonds. The third kappa shape index (κ3) is 4.68. The van der Waals surface area contributed by atoms with E-state index in [0.717, 1.165) is 4.57 Å². The second-order valence-electron chi connectivity index (χ2n) is 7.31. The number of H-pyrrole nitrogens is 1. The van der Waals surface area contributed by atoms with Crippen molar-refractivity contribution < 1.29 is 20.1 Å². The topological polar surface area (TPSA) is 173 Å². The summed E-state index contributed by atoms with van der Waals surface area (Å²) in [4.78, 5) is 27.7. The SMILES string of the molecule is O=c1[nH]c(=O)n([C@H]2O[C@@H](CO)[C@@H](O)[C@@H]2O)c(NNc2ccccc2)c1NNc1ccccc1. The summed E-state index contributed by atoms with van der Waals surface area (Å²) in [6.07, 6.45) is -5.48. The molecule has 4 rings (SSSR count). The van der Waals surface area contributed by atoms with Crippen LogP contribution in [-0.4, -0.2) is 49.8 Å². The van der Waals surface area contributed by atoms with Crippen LogP contribution in [0.1, 0.15) is 6.23 Å². The molecule has 12 heteroatoms. The Morgan fingerprint density at radius 1 is 0.848 bits per heavy atom. The first-order valence-corrected chi connectivity index (χ1v) is 10.1. The zero-order valence-corrected chi connectivity index (χ0v) is 17.3. The number of ether oxygens (including phenoxy) is 1. The number of hydrogen-bond donors (Lipinski definition) is 8. The minimum atomic E-state index is -1.54. The van der Waals surface area contributed by atoms with Crippen molar-refractivity contribution in [2.24, 2.45) is 0 Å². The lowest BCUT2D eigenvalue weighted by molar-refractivity contribution is -0.0538. The predicted octanol–water partition coefficient (Wildman–Crippen LogP) is 0.0261. The minimum absolute atomic E-state index is 0.0779. The molecule has 2 aromatic carbocycles. The van der Waals surface area contributed by atoms with Crippen molar-refractivity contribution in [2.75, 3.05) is 28.3 Å². The fraction of sp³-hybridized carbons (Fsp3) is 0.238. The summed E-state index contributed by atoms with van der Waals surface area (Å²) in [7, 11) is 0. The Bertz CT molecular complexity index is 1190. The Kier molecular flexibility index (Phi) is 6.60. The molecule has 0 spiro atoms. The maximum absolute atomic E-state index is 12.8. The van der Waals surface area contributed by atoms with E-state index in [0.29, 0.717) is 11.4 Å². The zero-order valence-electron chi connectivity index (χ0n) is 17.3. The molecule has 174 valence electrons. The van der Waals surface area contributed by atoms with Crippen molar-refractivity contribution in [3.63, 3.8) is 0 Å². The Morgan fingerprint density at radius 3 is 1.97 bits per heavy atom. The monoisotopic (exact) mass is 456 g/mol. The second kappa shape index (κ2) is 9.75. The van der Waals surface area contributed by atoms with Crippen LogP contribution < -0.4 is 33.0 Å². The van der Waals surface area contributed by atoms with Crippen LogP contribution >= 0.6 is 0 Å². The third-order valence-electron chi connectivity index (χ3n) is 5.12. The molecule has 1 aliphatic heterocycles. The van der Waals surface area contributed by atoms with Crippen LogP contribution in [0.5, 0.6) is 0 Å². The van der Waals surface area contributed by atoms with Gasteiger partial charge in [0.15, 0.2) is 17.7 Å². The molecule has 12 nitrogen and oxygen atoms in total. The maximum Gasteiger partial charge on any atom is 0.332 e. The van der Waals surface area contributed by atoms with E-state index in [-0.39, 0.29) is 11.5 Å². The van der Waals surface area contributed by atoms with Crippen LogP contribution in [0.2, 0.25) is 0 Å². The molecular weight excluding hydrogens is 432 g/mol. The van der Waals surface area contributed by atoms with Crippen LogP contribution in [0.15, 0.2) is 70.3 Å². The van der Waals surface area contributed by atoms with E-state index >= 15 is 0 Å². The summed E-state index contributed by atoms with van der Waals surface area (Å²) in [5.41, 5.74) is 10.9. The van der Waals surface area contributed by atoms with Crippen molar-refractivity contribution in [3.05, 3.63) is 81.5 Å². The smallest absolute Gasteiger partial charge is 0.332 e. The molecular formula is C21H24N6O6. The van der Waals surface area contributed by atoms with Gasteiger partial charge in [0.1, 0.15) is 18.3 Å². The highest BCUT2D eigenvalue weighted by atomic mass is 16.6. The lowest BCUT2D eigenvalue weighted by atomic mass is 10.1. The van der Waals surface area contributed by atoms with Crippen LogP contribution in [0.3, 0.4) is 0 Å². The number of aromatic amines is 1. The second-order valence-corrected chi connectivity index (χ2v) is 7.31. The first-order valence-electron chi connectivity index (χ1n) is 10.1. The molecule has 1 aromatic heterocycles. The van der Waals surface area contributed by atoms with Gasteiger partial charge in [0.2, 0.25) is 0 Å². The van der Waals surface area contributed by atoms with E-state index in [1.54, 1.807) is 48.5 Å². The highest BCUT2D eigenvalue weighted by molar-refractivity contribution is 5.68. The largest absolute Gasteiger partial charge is 0.394 e. The normalized spacial score (nSPS) is 22.0. The fourth-order valence-electron chi connectivity index (χ4n) is 3.43. The Balaban J connectivity index is 1.75. The average Bonchev–Trinajstić information content (AvgIpc) is 3.11. The molecule has 33 heavy (non-hydrogen) atoms. The van der Waals surface area contributed by atoms with E-state index in [1.165, 1.54) is 0 Å². The summed E-state index contributed by atoms with van der Waals surface area (Å²) >= 11 is 0. The molecule has 3 aromatic rings. The zero-order chi connectivity index (χ0) is 23.4. The van der Waals surface area contributed by atoms with Gasteiger partial charge in [-0.25, -0.2) is 9.36 Å². The van der Waals surface area contributed by atoms with Crippen LogP contribution in [0.4, 0.5) is 22.9 Å². The molecule has 2 heterocycles. The van der Waals surface area contributed by atoms with Crippen LogP contribution in [0.25, 0.3) is 0 Å². The van der Waals surface area contributed by atoms with Crippen LogP contribution in [0, 0.1) is 0 Å². The van der Waals surface area contributed by atoms with E-state index in [9.17, 15) is 24.9 Å². The number of aromatic nitrogens is 2. The van der Waals surface area contributed by atoms with Gasteiger partial charge < -0.3 is 25.5 Å². The van der Waals surface area contributed by atoms with Crippen molar-refractivity contribution in [3.8, 4) is 0 Å². The van der Waals surface area contributed by atoms with Crippen molar-refractivity contribution in [2.45, 2.75) is 24.5 Å². The molecule has 0 radical (unpaired) electrons. The van der Waals surface area contributed by atoms with Gasteiger partial charge >= 0.3 is 5.69 Å². The van der Waals surface area contributed by atoms with Gasteiger partial charge in [-0.1, -0.05) is 36.4 Å². The number of hydrogen-bond acceptors (Lipinski definition) is 10. The van der Waals surface area contributed by atoms with E-state index in [1.807, 2.05) is 12.1 Å². The summed E-state index contributed by atoms with van der Waals surface area (Å²) in [6, 6.07) is 17.9. The molecule has 1 fully saturated rings. The Morgan fingerprint density at radius 2 is 1.42 bits per heavy atom. The number of nitrogens with one attached hydrogen (secondary N) is 5. The fourth-order valence-corrected chi connectivity index (χ4v) is 3.43. The summed E-state index contributed by atoms with van der Waals surface area (Å²) < 4.78 is 6.48. The van der Waals surface area contributed by atoms with Gasteiger partial charge in [0.05, 0.1) is 18.0 Å². The highest BCUT2D eigenvalue weighted by Gasteiger charge is 2.45. The first kappa shape index (κ1) is 22.4. The lowest BCUT2D eigenvalue weighted by Gasteiger charge is -2.24. The summed E-state index contributed by atoms with van der Waals surface area (Å²) in [6.45, 7) is -0.571. The molecule has 0 unspecified atom stereocenters. The van der Waals surface area contributed by atoms with E-state index < -0.39 is 42.4 Å². The number of aliphatic hydroxyl groups excluding tert-OH is 3. The summed E-state index contributed by atoms with van der Waals surface area (Å²) in [5, 5.41) is 30.1. The number of para-hydroxylation sites is 2. The molecule has 1 saturated heterocycles. The summed E-state index contributed by atoms with van der Waals surface area (Å²) in [5.74, 6) is -0.0779.